The molecule has 1 heterocycles. The van der Waals surface area contributed by atoms with Gasteiger partial charge in [-0.25, -0.2) is 0 Å². The van der Waals surface area contributed by atoms with E-state index >= 15 is 0 Å². The predicted molar refractivity (Wildman–Crippen MR) is 111 cm³/mol. The lowest BCUT2D eigenvalue weighted by Gasteiger charge is -2.37. The number of nitrogens with zero attached hydrogens (tertiary/aromatic N) is 2. The van der Waals surface area contributed by atoms with E-state index in [0.29, 0.717) is 19.5 Å². The minimum Gasteiger partial charge on any atom is -0.481 e. The van der Waals surface area contributed by atoms with Crippen molar-refractivity contribution in [1.82, 2.24) is 4.90 Å². The van der Waals surface area contributed by atoms with E-state index in [2.05, 4.69) is 17.0 Å². The van der Waals surface area contributed by atoms with Gasteiger partial charge in [-0.1, -0.05) is 30.7 Å². The Morgan fingerprint density at radius 3 is 2.33 bits per heavy atom. The highest BCUT2D eigenvalue weighted by Gasteiger charge is 2.28. The van der Waals surface area contributed by atoms with Crippen molar-refractivity contribution in [3.8, 4) is 5.75 Å². The van der Waals surface area contributed by atoms with Crippen LogP contribution >= 0.6 is 11.6 Å². The average Bonchev–Trinajstić information content (AvgIpc) is 2.65. The molecule has 1 amide bonds. The van der Waals surface area contributed by atoms with Gasteiger partial charge in [0.25, 0.3) is 5.91 Å². The summed E-state index contributed by atoms with van der Waals surface area (Å²) in [7, 11) is 0. The molecule has 0 bridgehead atoms. The zero-order valence-corrected chi connectivity index (χ0v) is 17.0. The van der Waals surface area contributed by atoms with E-state index in [1.165, 1.54) is 0 Å². The van der Waals surface area contributed by atoms with Gasteiger partial charge in [0.15, 0.2) is 6.10 Å². The molecule has 144 valence electrons. The second-order valence-electron chi connectivity index (χ2n) is 7.13. The number of hydrogen-bond donors (Lipinski definition) is 0. The Bertz CT molecular complexity index is 780. The molecule has 0 saturated carbocycles. The van der Waals surface area contributed by atoms with E-state index in [-0.39, 0.29) is 5.91 Å². The summed E-state index contributed by atoms with van der Waals surface area (Å²) >= 11 is 6.10. The van der Waals surface area contributed by atoms with E-state index in [4.69, 9.17) is 16.3 Å². The Hall–Kier alpha value is -2.20. The van der Waals surface area contributed by atoms with Gasteiger partial charge in [0.1, 0.15) is 5.75 Å². The van der Waals surface area contributed by atoms with Gasteiger partial charge >= 0.3 is 0 Å². The molecule has 0 aromatic heterocycles. The van der Waals surface area contributed by atoms with Gasteiger partial charge in [0, 0.05) is 36.9 Å². The molecular weight excluding hydrogens is 360 g/mol. The minimum absolute atomic E-state index is 0.0717. The van der Waals surface area contributed by atoms with E-state index in [9.17, 15) is 4.79 Å². The number of hydrogen-bond acceptors (Lipinski definition) is 3. The van der Waals surface area contributed by atoms with Crippen LogP contribution in [0.2, 0.25) is 5.02 Å². The van der Waals surface area contributed by atoms with Gasteiger partial charge in [0.2, 0.25) is 0 Å². The van der Waals surface area contributed by atoms with Gasteiger partial charge < -0.3 is 14.5 Å². The first kappa shape index (κ1) is 19.6. The van der Waals surface area contributed by atoms with Crippen LogP contribution in [0.15, 0.2) is 42.5 Å². The Labute approximate surface area is 166 Å². The molecule has 0 radical (unpaired) electrons. The van der Waals surface area contributed by atoms with Crippen LogP contribution in [0, 0.1) is 13.8 Å². The normalized spacial score (nSPS) is 15.6. The first-order valence-corrected chi connectivity index (χ1v) is 9.88. The molecule has 1 aliphatic heterocycles. The standard InChI is InChI=1S/C22H27ClN2O2/c1-4-21(27-20-13-16(2)12-17(3)14-20)22(26)25-10-8-24(9-11-25)19-7-5-6-18(23)15-19/h5-7,12-15,21H,4,8-11H2,1-3H3/t21-/m1/s1. The second-order valence-corrected chi connectivity index (χ2v) is 7.57. The van der Waals surface area contributed by atoms with Crippen molar-refractivity contribution < 1.29 is 9.53 Å². The molecule has 1 fully saturated rings. The molecule has 2 aromatic carbocycles. The summed E-state index contributed by atoms with van der Waals surface area (Å²) in [6.45, 7) is 9.05. The Balaban J connectivity index is 1.61. The van der Waals surface area contributed by atoms with Gasteiger partial charge in [0.05, 0.1) is 0 Å². The van der Waals surface area contributed by atoms with Crippen LogP contribution in [0.1, 0.15) is 24.5 Å². The monoisotopic (exact) mass is 386 g/mol. The third kappa shape index (κ3) is 4.95. The van der Waals surface area contributed by atoms with Crippen LogP contribution in [-0.4, -0.2) is 43.1 Å². The average molecular weight is 387 g/mol. The minimum atomic E-state index is -0.441. The van der Waals surface area contributed by atoms with Crippen LogP contribution < -0.4 is 9.64 Å². The van der Waals surface area contributed by atoms with Crippen LogP contribution in [0.25, 0.3) is 0 Å². The lowest BCUT2D eigenvalue weighted by Crippen LogP contribution is -2.52. The molecule has 1 aliphatic rings. The summed E-state index contributed by atoms with van der Waals surface area (Å²) in [5.74, 6) is 0.840. The van der Waals surface area contributed by atoms with E-state index in [1.54, 1.807) is 0 Å². The molecule has 1 saturated heterocycles. The number of amides is 1. The van der Waals surface area contributed by atoms with Gasteiger partial charge in [-0.2, -0.15) is 0 Å². The van der Waals surface area contributed by atoms with Crippen molar-refractivity contribution in [2.75, 3.05) is 31.1 Å². The van der Waals surface area contributed by atoms with Crippen molar-refractivity contribution >= 4 is 23.2 Å². The Morgan fingerprint density at radius 2 is 1.74 bits per heavy atom. The molecule has 4 nitrogen and oxygen atoms in total. The number of carbonyl (C=O) groups is 1. The number of ether oxygens (including phenoxy) is 1. The topological polar surface area (TPSA) is 32.8 Å². The highest BCUT2D eigenvalue weighted by Crippen LogP contribution is 2.22. The molecule has 27 heavy (non-hydrogen) atoms. The van der Waals surface area contributed by atoms with Crippen molar-refractivity contribution in [2.45, 2.75) is 33.3 Å². The smallest absolute Gasteiger partial charge is 0.263 e. The molecule has 3 rings (SSSR count). The fraction of sp³-hybridized carbons (Fsp3) is 0.409. The van der Waals surface area contributed by atoms with Gasteiger partial charge in [-0.3, -0.25) is 4.79 Å². The SMILES string of the molecule is CC[C@@H](Oc1cc(C)cc(C)c1)C(=O)N1CCN(c2cccc(Cl)c2)CC1. The fourth-order valence-electron chi connectivity index (χ4n) is 3.54. The molecule has 0 spiro atoms. The summed E-state index contributed by atoms with van der Waals surface area (Å²) in [5, 5.41) is 0.735. The molecule has 0 N–H and O–H groups in total. The number of piperazine rings is 1. The van der Waals surface area contributed by atoms with E-state index < -0.39 is 6.10 Å². The lowest BCUT2D eigenvalue weighted by atomic mass is 10.1. The van der Waals surface area contributed by atoms with E-state index in [1.807, 2.05) is 56.0 Å². The maximum Gasteiger partial charge on any atom is 0.263 e. The van der Waals surface area contributed by atoms with Crippen molar-refractivity contribution in [3.63, 3.8) is 0 Å². The van der Waals surface area contributed by atoms with E-state index in [0.717, 1.165) is 40.7 Å². The summed E-state index contributed by atoms with van der Waals surface area (Å²) in [4.78, 5) is 17.1. The van der Waals surface area contributed by atoms with Crippen LogP contribution in [-0.2, 0) is 4.79 Å². The number of benzene rings is 2. The fourth-order valence-corrected chi connectivity index (χ4v) is 3.72. The highest BCUT2D eigenvalue weighted by molar-refractivity contribution is 6.30. The number of rotatable bonds is 5. The van der Waals surface area contributed by atoms with Crippen LogP contribution in [0.4, 0.5) is 5.69 Å². The number of halogens is 1. The molecule has 0 unspecified atom stereocenters. The van der Waals surface area contributed by atoms with Crippen LogP contribution in [0.3, 0.4) is 0 Å². The Kier molecular flexibility index (Phi) is 6.27. The number of anilines is 1. The summed E-state index contributed by atoms with van der Waals surface area (Å²) in [5.41, 5.74) is 3.39. The van der Waals surface area contributed by atoms with Gasteiger partial charge in [-0.15, -0.1) is 0 Å². The molecular formula is C22H27ClN2O2. The molecule has 0 aliphatic carbocycles. The third-order valence-corrected chi connectivity index (χ3v) is 5.12. The summed E-state index contributed by atoms with van der Waals surface area (Å²) < 4.78 is 6.05. The maximum atomic E-state index is 13.0. The van der Waals surface area contributed by atoms with Crippen molar-refractivity contribution in [1.29, 1.82) is 0 Å². The van der Waals surface area contributed by atoms with Crippen molar-refractivity contribution in [2.24, 2.45) is 0 Å². The lowest BCUT2D eigenvalue weighted by molar-refractivity contribution is -0.139. The summed E-state index contributed by atoms with van der Waals surface area (Å²) in [6, 6.07) is 13.9. The van der Waals surface area contributed by atoms with Gasteiger partial charge in [-0.05, 0) is 61.7 Å². The molecule has 2 aromatic rings. The molecule has 1 atom stereocenters. The largest absolute Gasteiger partial charge is 0.481 e. The zero-order valence-electron chi connectivity index (χ0n) is 16.2. The van der Waals surface area contributed by atoms with Crippen LogP contribution in [0.5, 0.6) is 5.75 Å². The Morgan fingerprint density at radius 1 is 1.07 bits per heavy atom. The number of aryl methyl sites for hydroxylation is 2. The zero-order chi connectivity index (χ0) is 19.4. The first-order valence-electron chi connectivity index (χ1n) is 9.50. The highest BCUT2D eigenvalue weighted by atomic mass is 35.5. The first-order chi connectivity index (χ1) is 13.0. The third-order valence-electron chi connectivity index (χ3n) is 4.88. The maximum absolute atomic E-state index is 13.0. The summed E-state index contributed by atoms with van der Waals surface area (Å²) in [6.07, 6.45) is 0.212. The van der Waals surface area contributed by atoms with Crippen molar-refractivity contribution in [3.05, 3.63) is 58.6 Å². The number of carbonyl (C=O) groups excluding carboxylic acids is 1. The second kappa shape index (κ2) is 8.66. The molecule has 5 heteroatoms. The predicted octanol–water partition coefficient (Wildman–Crippen LogP) is 4.46. The quantitative estimate of drug-likeness (QED) is 0.760.